The first-order chi connectivity index (χ1) is 25.1. The number of hydrogen-bond acceptors (Lipinski definition) is 1. The first kappa shape index (κ1) is 29.2. The molecular weight excluding hydrogens is 619 g/mol. The van der Waals surface area contributed by atoms with Crippen LogP contribution in [0.1, 0.15) is 16.7 Å². The number of hydrogen-bond donors (Lipinski definition) is 1. The molecule has 0 spiro atoms. The third-order valence-corrected chi connectivity index (χ3v) is 10.7. The fourth-order valence-electron chi connectivity index (χ4n) is 8.46. The van der Waals surface area contributed by atoms with Crippen molar-refractivity contribution in [3.63, 3.8) is 0 Å². The lowest BCUT2D eigenvalue weighted by molar-refractivity contribution is 1.18. The molecule has 2 aromatic heterocycles. The molecular formula is C48H33N3. The van der Waals surface area contributed by atoms with Crippen LogP contribution in [0.4, 0.5) is 0 Å². The minimum atomic E-state index is 0.893. The molecule has 51 heavy (non-hydrogen) atoms. The van der Waals surface area contributed by atoms with Gasteiger partial charge in [-0.1, -0.05) is 110 Å². The smallest absolute Gasteiger partial charge is 0.0541 e. The molecule has 0 atom stereocenters. The summed E-state index contributed by atoms with van der Waals surface area (Å²) in [5.41, 5.74) is 14.6. The number of fused-ring (bicyclic) bond motifs is 9. The molecule has 0 radical (unpaired) electrons. The van der Waals surface area contributed by atoms with Crippen molar-refractivity contribution in [2.24, 2.45) is 0 Å². The minimum absolute atomic E-state index is 0.893. The van der Waals surface area contributed by atoms with Crippen LogP contribution in [0.3, 0.4) is 0 Å². The van der Waals surface area contributed by atoms with E-state index in [-0.39, 0.29) is 0 Å². The van der Waals surface area contributed by atoms with Gasteiger partial charge in [-0.05, 0) is 99.6 Å². The Labute approximate surface area is 295 Å². The molecule has 0 aliphatic heterocycles. The lowest BCUT2D eigenvalue weighted by atomic mass is 9.98. The molecule has 2 heterocycles. The molecule has 0 bridgehead atoms. The van der Waals surface area contributed by atoms with Crippen LogP contribution in [0.2, 0.25) is 0 Å². The molecule has 0 unspecified atom stereocenters. The fraction of sp³-hybridized carbons (Fsp3) is 0.0208. The minimum Gasteiger partial charge on any atom is -0.315 e. The fourth-order valence-corrected chi connectivity index (χ4v) is 8.46. The molecule has 1 aliphatic carbocycles. The zero-order valence-corrected chi connectivity index (χ0v) is 28.2. The Balaban J connectivity index is 1.24. The molecule has 3 nitrogen and oxygen atoms in total. The van der Waals surface area contributed by atoms with Gasteiger partial charge in [0.25, 0.3) is 0 Å². The van der Waals surface area contributed by atoms with Crippen LogP contribution in [0.25, 0.3) is 88.5 Å². The van der Waals surface area contributed by atoms with Gasteiger partial charge in [0.15, 0.2) is 0 Å². The molecule has 0 saturated heterocycles. The van der Waals surface area contributed by atoms with E-state index in [2.05, 4.69) is 174 Å². The lowest BCUT2D eigenvalue weighted by Crippen LogP contribution is -1.94. The van der Waals surface area contributed by atoms with Crippen LogP contribution >= 0.6 is 0 Å². The van der Waals surface area contributed by atoms with Crippen molar-refractivity contribution in [2.45, 2.75) is 6.92 Å². The van der Waals surface area contributed by atoms with Gasteiger partial charge in [-0.15, -0.1) is 0 Å². The maximum atomic E-state index is 8.47. The Hall–Kier alpha value is -6.71. The largest absolute Gasteiger partial charge is 0.315 e. The van der Waals surface area contributed by atoms with E-state index < -0.39 is 0 Å². The molecule has 1 aliphatic rings. The highest BCUT2D eigenvalue weighted by molar-refractivity contribution is 6.24. The quantitative estimate of drug-likeness (QED) is 0.180. The number of allylic oxidation sites excluding steroid dienone is 4. The normalized spacial score (nSPS) is 13.7. The van der Waals surface area contributed by atoms with Gasteiger partial charge in [-0.25, -0.2) is 0 Å². The van der Waals surface area contributed by atoms with Gasteiger partial charge in [0, 0.05) is 50.8 Å². The van der Waals surface area contributed by atoms with Gasteiger partial charge in [-0.2, -0.15) is 0 Å². The third kappa shape index (κ3) is 4.22. The monoisotopic (exact) mass is 651 g/mol. The number of aryl methyl sites for hydroxylation is 1. The zero-order valence-electron chi connectivity index (χ0n) is 28.2. The van der Waals surface area contributed by atoms with E-state index in [4.69, 9.17) is 5.41 Å². The average Bonchev–Trinajstić information content (AvgIpc) is 3.80. The number of aromatic nitrogens is 2. The Morgan fingerprint density at radius 3 is 2.06 bits per heavy atom. The second kappa shape index (κ2) is 11.2. The average molecular weight is 652 g/mol. The summed E-state index contributed by atoms with van der Waals surface area (Å²) in [6.45, 7) is 6.28. The highest BCUT2D eigenvalue weighted by Gasteiger charge is 2.26. The van der Waals surface area contributed by atoms with E-state index in [0.29, 0.717) is 0 Å². The molecule has 10 rings (SSSR count). The molecule has 7 aromatic carbocycles. The summed E-state index contributed by atoms with van der Waals surface area (Å²) < 4.78 is 4.70. The molecule has 0 saturated carbocycles. The van der Waals surface area contributed by atoms with Gasteiger partial charge in [0.05, 0.1) is 22.1 Å². The summed E-state index contributed by atoms with van der Waals surface area (Å²) in [7, 11) is 0. The molecule has 1 N–H and O–H groups in total. The topological polar surface area (TPSA) is 33.7 Å². The molecule has 9 aromatic rings. The van der Waals surface area contributed by atoms with Crippen molar-refractivity contribution in [1.82, 2.24) is 9.13 Å². The van der Waals surface area contributed by atoms with E-state index >= 15 is 0 Å². The maximum Gasteiger partial charge on any atom is 0.0541 e. The third-order valence-electron chi connectivity index (χ3n) is 10.7. The first-order valence-corrected chi connectivity index (χ1v) is 17.4. The Bertz CT molecular complexity index is 3000. The number of nitrogens with one attached hydrogen (secondary N) is 1. The Kier molecular flexibility index (Phi) is 6.40. The molecule has 240 valence electrons. The van der Waals surface area contributed by atoms with Crippen LogP contribution < -0.4 is 0 Å². The van der Waals surface area contributed by atoms with Gasteiger partial charge in [-0.3, -0.25) is 0 Å². The van der Waals surface area contributed by atoms with Crippen molar-refractivity contribution in [2.75, 3.05) is 0 Å². The SMILES string of the molecule is C=CC1=C(C=N)/C(=C/n2c3ccc(-c4ccc5c(c4)c4ccccc4n5-c4ccccc4)cc3c3c4ccccc4ccc32)c2c(C)cccc21. The number of rotatable bonds is 5. The van der Waals surface area contributed by atoms with Gasteiger partial charge < -0.3 is 14.5 Å². The van der Waals surface area contributed by atoms with Crippen molar-refractivity contribution < 1.29 is 0 Å². The standard InChI is InChI=1S/C48H33N3/c1-3-35-38-18-11-12-30(2)47(38)42(41(35)28-49)29-50-43-23-21-33(27-40(43)48-36-16-8-7-13-31(36)20-25-46(48)50)32-22-24-45-39(26-32)37-17-9-10-19-44(37)51(45)34-14-5-4-6-15-34/h3-29,49H,1H2,2H3/b42-29-,49-28?. The lowest BCUT2D eigenvalue weighted by Gasteiger charge is -2.10. The zero-order chi connectivity index (χ0) is 34.2. The summed E-state index contributed by atoms with van der Waals surface area (Å²) in [4.78, 5) is 0. The van der Waals surface area contributed by atoms with Crippen molar-refractivity contribution in [3.8, 4) is 16.8 Å². The van der Waals surface area contributed by atoms with Crippen molar-refractivity contribution in [1.29, 1.82) is 5.41 Å². The summed E-state index contributed by atoms with van der Waals surface area (Å²) in [6.07, 6.45) is 5.61. The van der Waals surface area contributed by atoms with Crippen LogP contribution in [0.15, 0.2) is 164 Å². The highest BCUT2D eigenvalue weighted by Crippen LogP contribution is 2.45. The molecule has 0 fully saturated rings. The predicted molar refractivity (Wildman–Crippen MR) is 218 cm³/mol. The van der Waals surface area contributed by atoms with E-state index in [9.17, 15) is 0 Å². The van der Waals surface area contributed by atoms with Crippen LogP contribution in [-0.4, -0.2) is 15.3 Å². The Morgan fingerprint density at radius 2 is 1.25 bits per heavy atom. The highest BCUT2D eigenvalue weighted by atomic mass is 15.0. The second-order valence-corrected chi connectivity index (χ2v) is 13.4. The number of benzene rings is 7. The first-order valence-electron chi connectivity index (χ1n) is 17.4. The van der Waals surface area contributed by atoms with E-state index in [1.54, 1.807) is 0 Å². The van der Waals surface area contributed by atoms with Gasteiger partial charge in [0.2, 0.25) is 0 Å². The predicted octanol–water partition coefficient (Wildman–Crippen LogP) is 12.6. The van der Waals surface area contributed by atoms with Gasteiger partial charge >= 0.3 is 0 Å². The van der Waals surface area contributed by atoms with Gasteiger partial charge in [0.1, 0.15) is 0 Å². The molecule has 0 amide bonds. The summed E-state index contributed by atoms with van der Waals surface area (Å²) in [6, 6.07) is 52.6. The summed E-state index contributed by atoms with van der Waals surface area (Å²) >= 11 is 0. The van der Waals surface area contributed by atoms with Crippen molar-refractivity contribution in [3.05, 3.63) is 181 Å². The maximum absolute atomic E-state index is 8.47. The summed E-state index contributed by atoms with van der Waals surface area (Å²) in [5, 5.41) is 15.8. The van der Waals surface area contributed by atoms with E-state index in [0.717, 1.165) is 39.0 Å². The Morgan fingerprint density at radius 1 is 0.569 bits per heavy atom. The summed E-state index contributed by atoms with van der Waals surface area (Å²) in [5.74, 6) is 0. The van der Waals surface area contributed by atoms with E-state index in [1.165, 1.54) is 71.8 Å². The number of nitrogens with zero attached hydrogens (tertiary/aromatic N) is 2. The van der Waals surface area contributed by atoms with Crippen LogP contribution in [0.5, 0.6) is 0 Å². The van der Waals surface area contributed by atoms with Crippen molar-refractivity contribution >= 4 is 77.9 Å². The number of para-hydroxylation sites is 2. The second-order valence-electron chi connectivity index (χ2n) is 13.4. The van der Waals surface area contributed by atoms with Crippen LogP contribution in [-0.2, 0) is 0 Å². The van der Waals surface area contributed by atoms with E-state index in [1.807, 2.05) is 6.08 Å². The molecule has 3 heteroatoms. The van der Waals surface area contributed by atoms with Crippen LogP contribution in [0, 0.1) is 12.3 Å².